The van der Waals surface area contributed by atoms with Crippen molar-refractivity contribution >= 4 is 49.6 Å². The Morgan fingerprint density at radius 3 is 1.64 bits per heavy atom. The molecule has 0 amide bonds. The number of hydrogen-bond donors (Lipinski definition) is 0. The minimum atomic E-state index is -0.495. The molecule has 2 aliphatic rings. The maximum atomic E-state index is 2.51. The Labute approximate surface area is 354 Å². The van der Waals surface area contributed by atoms with Crippen LogP contribution in [0, 0.1) is 0 Å². The number of rotatable bonds is 5. The lowest BCUT2D eigenvalue weighted by Gasteiger charge is -2.33. The van der Waals surface area contributed by atoms with E-state index in [0.29, 0.717) is 0 Å². The third-order valence-corrected chi connectivity index (χ3v) is 13.4. The third kappa shape index (κ3) is 4.79. The van der Waals surface area contributed by atoms with Crippen LogP contribution in [0.15, 0.2) is 231 Å². The van der Waals surface area contributed by atoms with Gasteiger partial charge in [0.05, 0.1) is 16.4 Å². The standard InChI is InChI=1S/C59H38N2/c1-3-15-39(16-4-1)40-27-30-43(31-28-40)60(44-33-36-57-52(37-44)50-23-11-14-26-56(50)61(57)42-18-5-2-6-19-42)45-32-35-49-51-34-29-41-17-7-8-20-46(41)58(51)59(55(49)38-45)53-24-12-9-21-47(53)48-22-10-13-25-54(48)59/h1-38H. The maximum absolute atomic E-state index is 2.51. The highest BCUT2D eigenvalue weighted by molar-refractivity contribution is 6.11. The first kappa shape index (κ1) is 34.0. The van der Waals surface area contributed by atoms with Crippen LogP contribution < -0.4 is 4.90 Å². The molecule has 13 rings (SSSR count). The molecule has 61 heavy (non-hydrogen) atoms. The first-order chi connectivity index (χ1) is 30.3. The molecule has 0 radical (unpaired) electrons. The number of anilines is 3. The van der Waals surface area contributed by atoms with E-state index in [2.05, 4.69) is 240 Å². The monoisotopic (exact) mass is 774 g/mol. The molecule has 0 fully saturated rings. The van der Waals surface area contributed by atoms with Gasteiger partial charge in [0.25, 0.3) is 0 Å². The summed E-state index contributed by atoms with van der Waals surface area (Å²) in [6.45, 7) is 0. The highest BCUT2D eigenvalue weighted by atomic mass is 15.1. The van der Waals surface area contributed by atoms with Gasteiger partial charge in [0.15, 0.2) is 0 Å². The highest BCUT2D eigenvalue weighted by Crippen LogP contribution is 2.64. The number of hydrogen-bond acceptors (Lipinski definition) is 1. The van der Waals surface area contributed by atoms with Crippen molar-refractivity contribution in [2.75, 3.05) is 4.90 Å². The number of benzene rings is 10. The number of fused-ring (bicyclic) bond motifs is 15. The Hall–Kier alpha value is -7.94. The Morgan fingerprint density at radius 2 is 0.869 bits per heavy atom. The normalized spacial score (nSPS) is 13.0. The van der Waals surface area contributed by atoms with E-state index in [0.717, 1.165) is 22.7 Å². The summed E-state index contributed by atoms with van der Waals surface area (Å²) in [6, 6.07) is 85.3. The fraction of sp³-hybridized carbons (Fsp3) is 0.0169. The van der Waals surface area contributed by atoms with Crippen LogP contribution in [0.2, 0.25) is 0 Å². The first-order valence-corrected chi connectivity index (χ1v) is 21.2. The topological polar surface area (TPSA) is 8.17 Å². The van der Waals surface area contributed by atoms with Crippen LogP contribution in [0.4, 0.5) is 17.1 Å². The Kier molecular flexibility index (Phi) is 7.26. The van der Waals surface area contributed by atoms with Gasteiger partial charge in [0.2, 0.25) is 0 Å². The molecule has 0 saturated carbocycles. The van der Waals surface area contributed by atoms with E-state index in [1.165, 1.54) is 88.2 Å². The predicted octanol–water partition coefficient (Wildman–Crippen LogP) is 15.4. The van der Waals surface area contributed by atoms with Crippen molar-refractivity contribution in [1.29, 1.82) is 0 Å². The molecule has 11 aromatic rings. The average molecular weight is 775 g/mol. The summed E-state index contributed by atoms with van der Waals surface area (Å²) >= 11 is 0. The van der Waals surface area contributed by atoms with Gasteiger partial charge >= 0.3 is 0 Å². The number of aromatic nitrogens is 1. The molecule has 0 N–H and O–H groups in total. The van der Waals surface area contributed by atoms with E-state index in [9.17, 15) is 0 Å². The molecule has 1 spiro atoms. The summed E-state index contributed by atoms with van der Waals surface area (Å²) in [6.07, 6.45) is 0. The molecule has 2 heteroatoms. The molecule has 0 bridgehead atoms. The summed E-state index contributed by atoms with van der Waals surface area (Å²) in [4.78, 5) is 2.46. The van der Waals surface area contributed by atoms with Crippen molar-refractivity contribution < 1.29 is 0 Å². The largest absolute Gasteiger partial charge is 0.310 e. The Bertz CT molecular complexity index is 3480. The van der Waals surface area contributed by atoms with E-state index >= 15 is 0 Å². The summed E-state index contributed by atoms with van der Waals surface area (Å²) in [5.41, 5.74) is 19.4. The minimum Gasteiger partial charge on any atom is -0.310 e. The van der Waals surface area contributed by atoms with Crippen LogP contribution in [0.1, 0.15) is 22.3 Å². The van der Waals surface area contributed by atoms with Gasteiger partial charge in [-0.2, -0.15) is 0 Å². The molecule has 284 valence electrons. The van der Waals surface area contributed by atoms with Gasteiger partial charge < -0.3 is 9.47 Å². The van der Waals surface area contributed by atoms with Crippen LogP contribution in [-0.4, -0.2) is 4.57 Å². The molecule has 1 aromatic heterocycles. The van der Waals surface area contributed by atoms with E-state index in [4.69, 9.17) is 0 Å². The SMILES string of the molecule is c1ccc(-c2ccc(N(c3ccc4c(c3)C3(c5ccccc5-c5ccccc53)c3c-4ccc4ccccc34)c3ccc4c(c3)c3ccccc3n4-c3ccccc3)cc2)cc1. The molecule has 0 unspecified atom stereocenters. The fourth-order valence-corrected chi connectivity index (χ4v) is 10.9. The molecule has 10 aromatic carbocycles. The molecular weight excluding hydrogens is 737 g/mol. The molecule has 1 heterocycles. The Morgan fingerprint density at radius 1 is 0.328 bits per heavy atom. The Balaban J connectivity index is 1.08. The van der Waals surface area contributed by atoms with E-state index in [1.807, 2.05) is 0 Å². The van der Waals surface area contributed by atoms with Crippen LogP contribution >= 0.6 is 0 Å². The number of para-hydroxylation sites is 2. The zero-order chi connectivity index (χ0) is 40.1. The summed E-state index contributed by atoms with van der Waals surface area (Å²) in [5, 5.41) is 5.02. The smallest absolute Gasteiger partial charge is 0.0732 e. The molecule has 0 aliphatic heterocycles. The second-order valence-corrected chi connectivity index (χ2v) is 16.4. The van der Waals surface area contributed by atoms with Crippen LogP contribution in [0.5, 0.6) is 0 Å². The quantitative estimate of drug-likeness (QED) is 0.169. The lowest BCUT2D eigenvalue weighted by atomic mass is 9.69. The summed E-state index contributed by atoms with van der Waals surface area (Å²) in [5.74, 6) is 0. The van der Waals surface area contributed by atoms with Crippen molar-refractivity contribution in [1.82, 2.24) is 4.57 Å². The highest BCUT2D eigenvalue weighted by Gasteiger charge is 2.52. The van der Waals surface area contributed by atoms with Crippen LogP contribution in [-0.2, 0) is 5.41 Å². The van der Waals surface area contributed by atoms with Gasteiger partial charge in [-0.15, -0.1) is 0 Å². The van der Waals surface area contributed by atoms with Gasteiger partial charge in [0, 0.05) is 33.5 Å². The van der Waals surface area contributed by atoms with Gasteiger partial charge in [-0.05, 0) is 127 Å². The van der Waals surface area contributed by atoms with Gasteiger partial charge in [-0.1, -0.05) is 170 Å². The summed E-state index contributed by atoms with van der Waals surface area (Å²) in [7, 11) is 0. The van der Waals surface area contributed by atoms with Gasteiger partial charge in [-0.25, -0.2) is 0 Å². The minimum absolute atomic E-state index is 0.495. The predicted molar refractivity (Wildman–Crippen MR) is 255 cm³/mol. The first-order valence-electron chi connectivity index (χ1n) is 21.2. The second kappa shape index (κ2) is 13.0. The van der Waals surface area contributed by atoms with Crippen LogP contribution in [0.25, 0.3) is 71.6 Å². The second-order valence-electron chi connectivity index (χ2n) is 16.4. The maximum Gasteiger partial charge on any atom is 0.0732 e. The third-order valence-electron chi connectivity index (χ3n) is 13.4. The van der Waals surface area contributed by atoms with Crippen molar-refractivity contribution in [3.63, 3.8) is 0 Å². The van der Waals surface area contributed by atoms with Crippen molar-refractivity contribution in [2.24, 2.45) is 0 Å². The lowest BCUT2D eigenvalue weighted by Crippen LogP contribution is -2.26. The molecule has 0 saturated heterocycles. The molecule has 2 aliphatic carbocycles. The molecule has 0 atom stereocenters. The zero-order valence-corrected chi connectivity index (χ0v) is 33.3. The van der Waals surface area contributed by atoms with E-state index in [1.54, 1.807) is 0 Å². The fourth-order valence-electron chi connectivity index (χ4n) is 10.9. The average Bonchev–Trinajstić information content (AvgIpc) is 3.94. The van der Waals surface area contributed by atoms with E-state index in [-0.39, 0.29) is 0 Å². The molecular formula is C59H38N2. The van der Waals surface area contributed by atoms with E-state index < -0.39 is 5.41 Å². The van der Waals surface area contributed by atoms with Gasteiger partial charge in [0.1, 0.15) is 0 Å². The van der Waals surface area contributed by atoms with Crippen LogP contribution in [0.3, 0.4) is 0 Å². The van der Waals surface area contributed by atoms with Crippen molar-refractivity contribution in [2.45, 2.75) is 5.41 Å². The number of nitrogens with zero attached hydrogens (tertiary/aromatic N) is 2. The molecule has 2 nitrogen and oxygen atoms in total. The summed E-state index contributed by atoms with van der Waals surface area (Å²) < 4.78 is 2.39. The van der Waals surface area contributed by atoms with Gasteiger partial charge in [-0.3, -0.25) is 0 Å². The van der Waals surface area contributed by atoms with Crippen molar-refractivity contribution in [3.05, 3.63) is 253 Å². The van der Waals surface area contributed by atoms with Crippen molar-refractivity contribution in [3.8, 4) is 39.1 Å². The zero-order valence-electron chi connectivity index (χ0n) is 33.3. The lowest BCUT2D eigenvalue weighted by molar-refractivity contribution is 0.801.